The zero-order valence-corrected chi connectivity index (χ0v) is 12.9. The van der Waals surface area contributed by atoms with Crippen LogP contribution in [0.1, 0.15) is 30.7 Å². The maximum Gasteiger partial charge on any atom is 0.140 e. The van der Waals surface area contributed by atoms with E-state index in [-0.39, 0.29) is 6.10 Å². The van der Waals surface area contributed by atoms with Gasteiger partial charge in [0.1, 0.15) is 24.7 Å². The van der Waals surface area contributed by atoms with Crippen LogP contribution in [0.15, 0.2) is 18.2 Å². The molecule has 0 radical (unpaired) electrons. The minimum absolute atomic E-state index is 0.324. The predicted molar refractivity (Wildman–Crippen MR) is 83.5 cm³/mol. The number of hydrogen-bond acceptors (Lipinski definition) is 3. The van der Waals surface area contributed by atoms with Crippen molar-refractivity contribution in [1.82, 2.24) is 14.9 Å². The Labute approximate surface area is 129 Å². The fraction of sp³-hybridized carbons (Fsp3) is 0.588. The number of hydrogen-bond donors (Lipinski definition) is 1. The average molecular weight is 303 g/mol. The molecule has 2 heterocycles. The molecule has 118 valence electrons. The normalized spacial score (nSPS) is 26.6. The number of imidazole rings is 1. The van der Waals surface area contributed by atoms with Gasteiger partial charge in [-0.05, 0) is 37.5 Å². The molecule has 1 aliphatic carbocycles. The first kappa shape index (κ1) is 14.2. The maximum absolute atomic E-state index is 14.1. The number of alkyl halides is 1. The van der Waals surface area contributed by atoms with Crippen LogP contribution >= 0.6 is 0 Å². The van der Waals surface area contributed by atoms with Gasteiger partial charge < -0.3 is 9.72 Å². The zero-order chi connectivity index (χ0) is 15.1. The summed E-state index contributed by atoms with van der Waals surface area (Å²) in [6.07, 6.45) is 2.50. The number of aromatic amines is 1. The van der Waals surface area contributed by atoms with Crippen molar-refractivity contribution in [1.29, 1.82) is 0 Å². The Bertz CT molecular complexity index is 667. The molecule has 4 nitrogen and oxygen atoms in total. The minimum Gasteiger partial charge on any atom is -0.366 e. The highest BCUT2D eigenvalue weighted by Gasteiger charge is 2.38. The summed E-state index contributed by atoms with van der Waals surface area (Å²) in [5, 5.41) is 0. The number of nitrogens with zero attached hydrogens (tertiary/aromatic N) is 2. The van der Waals surface area contributed by atoms with E-state index in [0.29, 0.717) is 25.7 Å². The van der Waals surface area contributed by atoms with Crippen molar-refractivity contribution in [2.45, 2.75) is 51.1 Å². The molecule has 0 bridgehead atoms. The molecule has 4 rings (SSSR count). The summed E-state index contributed by atoms with van der Waals surface area (Å²) in [6, 6.07) is 6.69. The van der Waals surface area contributed by atoms with E-state index in [2.05, 4.69) is 27.9 Å². The van der Waals surface area contributed by atoms with E-state index in [1.165, 1.54) is 24.8 Å². The van der Waals surface area contributed by atoms with Crippen molar-refractivity contribution in [2.24, 2.45) is 0 Å². The minimum atomic E-state index is -0.882. The van der Waals surface area contributed by atoms with Gasteiger partial charge in [-0.15, -0.1) is 0 Å². The number of likely N-dealkylation sites (tertiary alicyclic amines) is 1. The Kier molecular flexibility index (Phi) is 3.62. The summed E-state index contributed by atoms with van der Waals surface area (Å²) in [5.74, 6) is 0.773. The number of ether oxygens (including phenoxy) is 1. The monoisotopic (exact) mass is 303 g/mol. The first-order chi connectivity index (χ1) is 10.7. The van der Waals surface area contributed by atoms with Crippen molar-refractivity contribution < 1.29 is 9.13 Å². The predicted octanol–water partition coefficient (Wildman–Crippen LogP) is 2.96. The van der Waals surface area contributed by atoms with Gasteiger partial charge in [-0.1, -0.05) is 12.5 Å². The summed E-state index contributed by atoms with van der Waals surface area (Å²) in [4.78, 5) is 10.0. The number of aromatic nitrogens is 2. The first-order valence-electron chi connectivity index (χ1n) is 8.14. The zero-order valence-electron chi connectivity index (χ0n) is 12.9. The lowest BCUT2D eigenvalue weighted by Gasteiger charge is -2.34. The van der Waals surface area contributed by atoms with Crippen molar-refractivity contribution in [2.75, 3.05) is 13.1 Å². The summed E-state index contributed by atoms with van der Waals surface area (Å²) in [5.41, 5.74) is 3.14. The van der Waals surface area contributed by atoms with E-state index in [0.717, 1.165) is 16.9 Å². The fourth-order valence-electron chi connectivity index (χ4n) is 3.40. The largest absolute Gasteiger partial charge is 0.366 e. The van der Waals surface area contributed by atoms with Crippen LogP contribution in [-0.4, -0.2) is 46.3 Å². The van der Waals surface area contributed by atoms with Gasteiger partial charge in [0.15, 0.2) is 0 Å². The molecule has 2 atom stereocenters. The van der Waals surface area contributed by atoms with Gasteiger partial charge in [-0.2, -0.15) is 0 Å². The number of fused-ring (bicyclic) bond motifs is 1. The molecule has 2 fully saturated rings. The molecule has 5 heteroatoms. The molecule has 0 amide bonds. The third kappa shape index (κ3) is 2.63. The van der Waals surface area contributed by atoms with Gasteiger partial charge in [0.05, 0.1) is 11.0 Å². The summed E-state index contributed by atoms with van der Waals surface area (Å²) in [6.45, 7) is 3.63. The second kappa shape index (κ2) is 5.63. The summed E-state index contributed by atoms with van der Waals surface area (Å²) >= 11 is 0. The third-order valence-corrected chi connectivity index (χ3v) is 4.94. The van der Waals surface area contributed by atoms with E-state index < -0.39 is 6.17 Å². The smallest absolute Gasteiger partial charge is 0.140 e. The standard InChI is InChI=1S/C17H22FN3O/c1-11-5-6-14-15(7-11)20-17(19-14)10-22-16-9-21(8-13(16)18)12-3-2-4-12/h5-7,12-13,16H,2-4,8-10H2,1H3,(H,19,20)/t13-,16+/m1/s1. The van der Waals surface area contributed by atoms with E-state index in [1.54, 1.807) is 0 Å². The molecule has 2 aromatic rings. The van der Waals surface area contributed by atoms with Gasteiger partial charge in [-0.3, -0.25) is 4.90 Å². The van der Waals surface area contributed by atoms with E-state index >= 15 is 0 Å². The molecular weight excluding hydrogens is 281 g/mol. The van der Waals surface area contributed by atoms with Gasteiger partial charge in [0, 0.05) is 19.1 Å². The molecule has 1 aromatic carbocycles. The molecule has 2 aliphatic rings. The van der Waals surface area contributed by atoms with Crippen molar-refractivity contribution in [3.05, 3.63) is 29.6 Å². The third-order valence-electron chi connectivity index (χ3n) is 4.94. The SMILES string of the molecule is Cc1ccc2nc(CO[C@H]3CN(C4CCC4)C[C@H]3F)[nH]c2c1. The van der Waals surface area contributed by atoms with Crippen LogP contribution in [-0.2, 0) is 11.3 Å². The number of halogens is 1. The van der Waals surface area contributed by atoms with Gasteiger partial charge >= 0.3 is 0 Å². The topological polar surface area (TPSA) is 41.1 Å². The fourth-order valence-corrected chi connectivity index (χ4v) is 3.40. The number of aryl methyl sites for hydroxylation is 1. The van der Waals surface area contributed by atoms with Crippen molar-refractivity contribution >= 4 is 11.0 Å². The van der Waals surface area contributed by atoms with E-state index in [9.17, 15) is 4.39 Å². The van der Waals surface area contributed by atoms with Crippen LogP contribution < -0.4 is 0 Å². The highest BCUT2D eigenvalue weighted by Crippen LogP contribution is 2.30. The van der Waals surface area contributed by atoms with Crippen molar-refractivity contribution in [3.63, 3.8) is 0 Å². The summed E-state index contributed by atoms with van der Waals surface area (Å²) < 4.78 is 19.9. The molecule has 0 spiro atoms. The Morgan fingerprint density at radius 3 is 3.00 bits per heavy atom. The molecule has 1 saturated heterocycles. The van der Waals surface area contributed by atoms with Gasteiger partial charge in [-0.25, -0.2) is 9.37 Å². The molecular formula is C17H22FN3O. The lowest BCUT2D eigenvalue weighted by Crippen LogP contribution is -2.39. The molecule has 0 unspecified atom stereocenters. The summed E-state index contributed by atoms with van der Waals surface area (Å²) in [7, 11) is 0. The van der Waals surface area contributed by atoms with Gasteiger partial charge in [0.25, 0.3) is 0 Å². The number of benzene rings is 1. The van der Waals surface area contributed by atoms with Crippen LogP contribution in [0.5, 0.6) is 0 Å². The first-order valence-corrected chi connectivity index (χ1v) is 8.14. The molecule has 1 aromatic heterocycles. The molecule has 22 heavy (non-hydrogen) atoms. The van der Waals surface area contributed by atoms with Crippen LogP contribution in [0.4, 0.5) is 4.39 Å². The van der Waals surface area contributed by atoms with Crippen LogP contribution in [0.3, 0.4) is 0 Å². The lowest BCUT2D eigenvalue weighted by atomic mass is 9.92. The quantitative estimate of drug-likeness (QED) is 0.944. The van der Waals surface area contributed by atoms with Crippen molar-refractivity contribution in [3.8, 4) is 0 Å². The Morgan fingerprint density at radius 1 is 1.36 bits per heavy atom. The molecule has 1 N–H and O–H groups in total. The van der Waals surface area contributed by atoms with E-state index in [4.69, 9.17) is 4.74 Å². The molecule has 1 saturated carbocycles. The Balaban J connectivity index is 1.38. The van der Waals surface area contributed by atoms with Crippen LogP contribution in [0.25, 0.3) is 11.0 Å². The Hall–Kier alpha value is -1.46. The van der Waals surface area contributed by atoms with E-state index in [1.807, 2.05) is 12.1 Å². The highest BCUT2D eigenvalue weighted by molar-refractivity contribution is 5.75. The van der Waals surface area contributed by atoms with Crippen LogP contribution in [0.2, 0.25) is 0 Å². The molecule has 1 aliphatic heterocycles. The number of nitrogens with one attached hydrogen (secondary N) is 1. The maximum atomic E-state index is 14.1. The Morgan fingerprint density at radius 2 is 2.23 bits per heavy atom. The average Bonchev–Trinajstić information content (AvgIpc) is 2.97. The lowest BCUT2D eigenvalue weighted by molar-refractivity contribution is 0.00648. The number of H-pyrrole nitrogens is 1. The van der Waals surface area contributed by atoms with Crippen LogP contribution in [0, 0.1) is 6.92 Å². The highest BCUT2D eigenvalue weighted by atomic mass is 19.1. The second-order valence-corrected chi connectivity index (χ2v) is 6.61. The second-order valence-electron chi connectivity index (χ2n) is 6.61. The van der Waals surface area contributed by atoms with Gasteiger partial charge in [0.2, 0.25) is 0 Å². The number of rotatable bonds is 4.